The molecule has 2 fully saturated rings. The van der Waals surface area contributed by atoms with Gasteiger partial charge in [-0.1, -0.05) is 11.6 Å². The van der Waals surface area contributed by atoms with Crippen LogP contribution in [0.2, 0.25) is 5.02 Å². The van der Waals surface area contributed by atoms with Crippen LogP contribution in [0.4, 0.5) is 0 Å². The molecule has 0 spiro atoms. The normalized spacial score (nSPS) is 20.5. The number of phenolic OH excluding ortho intramolecular Hbond substituents is 1. The first kappa shape index (κ1) is 11.8. The monoisotopic (exact) mass is 265 g/mol. The van der Waals surface area contributed by atoms with Gasteiger partial charge in [-0.15, -0.1) is 0 Å². The summed E-state index contributed by atoms with van der Waals surface area (Å²) in [5, 5.41) is 13.0. The molecule has 96 valence electrons. The van der Waals surface area contributed by atoms with Gasteiger partial charge in [0.05, 0.1) is 5.56 Å². The molecule has 0 bridgehead atoms. The maximum absolute atomic E-state index is 12.0. The van der Waals surface area contributed by atoms with Gasteiger partial charge in [0.15, 0.2) is 0 Å². The minimum Gasteiger partial charge on any atom is -0.507 e. The smallest absolute Gasteiger partial charge is 0.255 e. The van der Waals surface area contributed by atoms with Crippen LogP contribution in [0.5, 0.6) is 5.75 Å². The number of nitrogens with one attached hydrogen (secondary N) is 1. The van der Waals surface area contributed by atoms with Crippen molar-refractivity contribution < 1.29 is 9.90 Å². The highest BCUT2D eigenvalue weighted by atomic mass is 35.5. The SMILES string of the molecule is O=C(NCC1(C2CC2)CC1)c1cc(Cl)ccc1O. The molecule has 0 saturated heterocycles. The first-order chi connectivity index (χ1) is 8.61. The number of phenols is 1. The fourth-order valence-electron chi connectivity index (χ4n) is 2.63. The molecule has 0 heterocycles. The molecule has 2 N–H and O–H groups in total. The zero-order valence-electron chi connectivity index (χ0n) is 10.1. The van der Waals surface area contributed by atoms with Crippen LogP contribution in [0.3, 0.4) is 0 Å². The highest BCUT2D eigenvalue weighted by Crippen LogP contribution is 2.60. The van der Waals surface area contributed by atoms with Gasteiger partial charge >= 0.3 is 0 Å². The molecule has 3 nitrogen and oxygen atoms in total. The van der Waals surface area contributed by atoms with E-state index in [-0.39, 0.29) is 17.2 Å². The summed E-state index contributed by atoms with van der Waals surface area (Å²) in [6.45, 7) is 0.725. The van der Waals surface area contributed by atoms with E-state index in [0.717, 1.165) is 12.5 Å². The minimum absolute atomic E-state index is 0.0202. The number of rotatable bonds is 4. The maximum Gasteiger partial charge on any atom is 0.255 e. The Hall–Kier alpha value is -1.22. The number of benzene rings is 1. The number of amides is 1. The molecule has 0 aromatic heterocycles. The van der Waals surface area contributed by atoms with Crippen LogP contribution >= 0.6 is 11.6 Å². The summed E-state index contributed by atoms with van der Waals surface area (Å²) in [4.78, 5) is 12.0. The van der Waals surface area contributed by atoms with Crippen LogP contribution in [-0.4, -0.2) is 17.6 Å². The number of hydrogen-bond acceptors (Lipinski definition) is 2. The van der Waals surface area contributed by atoms with Crippen LogP contribution < -0.4 is 5.32 Å². The standard InChI is InChI=1S/C14H16ClNO2/c15-10-3-4-12(17)11(7-10)13(18)16-8-14(5-6-14)9-1-2-9/h3-4,7,9,17H,1-2,5-6,8H2,(H,16,18). The van der Waals surface area contributed by atoms with E-state index in [0.29, 0.717) is 10.4 Å². The van der Waals surface area contributed by atoms with Crippen molar-refractivity contribution in [2.45, 2.75) is 25.7 Å². The van der Waals surface area contributed by atoms with Crippen molar-refractivity contribution in [1.29, 1.82) is 0 Å². The first-order valence-corrected chi connectivity index (χ1v) is 6.75. The van der Waals surface area contributed by atoms with Gasteiger partial charge in [0.2, 0.25) is 0 Å². The van der Waals surface area contributed by atoms with E-state index in [1.54, 1.807) is 6.07 Å². The second-order valence-electron chi connectivity index (χ2n) is 5.48. The lowest BCUT2D eigenvalue weighted by Gasteiger charge is -2.15. The van der Waals surface area contributed by atoms with Crippen LogP contribution in [0.25, 0.3) is 0 Å². The molecule has 1 aromatic rings. The molecular formula is C14H16ClNO2. The van der Waals surface area contributed by atoms with E-state index in [1.165, 1.54) is 37.8 Å². The van der Waals surface area contributed by atoms with Crippen molar-refractivity contribution in [3.8, 4) is 5.75 Å². The molecule has 1 amide bonds. The van der Waals surface area contributed by atoms with Crippen molar-refractivity contribution in [3.63, 3.8) is 0 Å². The molecule has 1 aromatic carbocycles. The van der Waals surface area contributed by atoms with Crippen molar-refractivity contribution in [2.75, 3.05) is 6.54 Å². The second-order valence-corrected chi connectivity index (χ2v) is 5.92. The fourth-order valence-corrected chi connectivity index (χ4v) is 2.80. The molecule has 2 aliphatic rings. The fraction of sp³-hybridized carbons (Fsp3) is 0.500. The molecule has 2 aliphatic carbocycles. The van der Waals surface area contributed by atoms with Gasteiger partial charge in [0, 0.05) is 11.6 Å². The number of halogens is 1. The molecule has 0 atom stereocenters. The predicted octanol–water partition coefficient (Wildman–Crippen LogP) is 2.97. The van der Waals surface area contributed by atoms with Crippen LogP contribution in [0.15, 0.2) is 18.2 Å². The summed E-state index contributed by atoms with van der Waals surface area (Å²) < 4.78 is 0. The van der Waals surface area contributed by atoms with Crippen molar-refractivity contribution in [1.82, 2.24) is 5.32 Å². The highest BCUT2D eigenvalue weighted by Gasteiger charge is 2.53. The molecule has 0 aliphatic heterocycles. The number of carbonyl (C=O) groups excluding carboxylic acids is 1. The lowest BCUT2D eigenvalue weighted by Crippen LogP contribution is -2.31. The first-order valence-electron chi connectivity index (χ1n) is 6.37. The highest BCUT2D eigenvalue weighted by molar-refractivity contribution is 6.31. The maximum atomic E-state index is 12.0. The predicted molar refractivity (Wildman–Crippen MR) is 69.8 cm³/mol. The topological polar surface area (TPSA) is 49.3 Å². The number of aromatic hydroxyl groups is 1. The van der Waals surface area contributed by atoms with Crippen molar-refractivity contribution in [3.05, 3.63) is 28.8 Å². The van der Waals surface area contributed by atoms with E-state index in [1.807, 2.05) is 0 Å². The van der Waals surface area contributed by atoms with Gasteiger partial charge in [0.25, 0.3) is 5.91 Å². The van der Waals surface area contributed by atoms with Gasteiger partial charge < -0.3 is 10.4 Å². The quantitative estimate of drug-likeness (QED) is 0.879. The third-order valence-corrected chi connectivity index (χ3v) is 4.37. The molecule has 4 heteroatoms. The summed E-state index contributed by atoms with van der Waals surface area (Å²) in [5.74, 6) is 0.556. The summed E-state index contributed by atoms with van der Waals surface area (Å²) in [6.07, 6.45) is 5.05. The average Bonchev–Trinajstić information content (AvgIpc) is 3.21. The Bertz CT molecular complexity index is 493. The van der Waals surface area contributed by atoms with Gasteiger partial charge in [-0.2, -0.15) is 0 Å². The van der Waals surface area contributed by atoms with Crippen molar-refractivity contribution in [2.24, 2.45) is 11.3 Å². The van der Waals surface area contributed by atoms with Gasteiger partial charge in [-0.3, -0.25) is 4.79 Å². The lowest BCUT2D eigenvalue weighted by atomic mass is 10.0. The van der Waals surface area contributed by atoms with Crippen LogP contribution in [0.1, 0.15) is 36.0 Å². The summed E-state index contributed by atoms with van der Waals surface area (Å²) >= 11 is 5.83. The zero-order chi connectivity index (χ0) is 12.8. The lowest BCUT2D eigenvalue weighted by molar-refractivity contribution is 0.0940. The number of carbonyl (C=O) groups is 1. The third-order valence-electron chi connectivity index (χ3n) is 4.14. The van der Waals surface area contributed by atoms with Gasteiger partial charge in [0.1, 0.15) is 5.75 Å². The Balaban J connectivity index is 1.65. The average molecular weight is 266 g/mol. The third kappa shape index (κ3) is 2.19. The van der Waals surface area contributed by atoms with Crippen molar-refractivity contribution >= 4 is 17.5 Å². The van der Waals surface area contributed by atoms with E-state index >= 15 is 0 Å². The van der Waals surface area contributed by atoms with E-state index in [9.17, 15) is 9.90 Å². The summed E-state index contributed by atoms with van der Waals surface area (Å²) in [6, 6.07) is 4.52. The Morgan fingerprint density at radius 1 is 1.44 bits per heavy atom. The van der Waals surface area contributed by atoms with Gasteiger partial charge in [-0.25, -0.2) is 0 Å². The Morgan fingerprint density at radius 2 is 2.17 bits per heavy atom. The molecule has 2 saturated carbocycles. The number of hydrogen-bond donors (Lipinski definition) is 2. The van der Waals surface area contributed by atoms with Crippen LogP contribution in [-0.2, 0) is 0 Å². The molecule has 3 rings (SSSR count). The molecule has 0 radical (unpaired) electrons. The largest absolute Gasteiger partial charge is 0.507 e. The van der Waals surface area contributed by atoms with E-state index < -0.39 is 0 Å². The Morgan fingerprint density at radius 3 is 2.78 bits per heavy atom. The van der Waals surface area contributed by atoms with Crippen LogP contribution in [0, 0.1) is 11.3 Å². The minimum atomic E-state index is -0.234. The summed E-state index contributed by atoms with van der Waals surface area (Å²) in [7, 11) is 0. The Kier molecular flexibility index (Phi) is 2.74. The van der Waals surface area contributed by atoms with E-state index in [2.05, 4.69) is 5.32 Å². The molecule has 0 unspecified atom stereocenters. The molecular weight excluding hydrogens is 250 g/mol. The second kappa shape index (κ2) is 4.16. The summed E-state index contributed by atoms with van der Waals surface area (Å²) in [5.41, 5.74) is 0.623. The van der Waals surface area contributed by atoms with Gasteiger partial charge in [-0.05, 0) is 55.2 Å². The zero-order valence-corrected chi connectivity index (χ0v) is 10.8. The molecule has 18 heavy (non-hydrogen) atoms. The Labute approximate surface area is 111 Å². The van der Waals surface area contributed by atoms with E-state index in [4.69, 9.17) is 11.6 Å².